The lowest BCUT2D eigenvalue weighted by atomic mass is 10.0. The van der Waals surface area contributed by atoms with Gasteiger partial charge in [-0.2, -0.15) is 0 Å². The molecule has 27 heavy (non-hydrogen) atoms. The van der Waals surface area contributed by atoms with E-state index in [0.29, 0.717) is 13.1 Å². The van der Waals surface area contributed by atoms with E-state index in [1.165, 1.54) is 5.56 Å². The third-order valence-electron chi connectivity index (χ3n) is 4.26. The summed E-state index contributed by atoms with van der Waals surface area (Å²) in [5.41, 5.74) is 1.17. The average Bonchev–Trinajstić information content (AvgIpc) is 2.68. The van der Waals surface area contributed by atoms with Crippen molar-refractivity contribution in [1.82, 2.24) is 16.0 Å². The number of carbonyl (C=O) groups excluding carboxylic acids is 2. The quantitative estimate of drug-likeness (QED) is 0.486. The first-order valence-electron chi connectivity index (χ1n) is 9.42. The Kier molecular flexibility index (Phi) is 8.80. The fraction of sp³-hybridized carbons (Fsp3) is 0.500. The summed E-state index contributed by atoms with van der Waals surface area (Å²) in [6.07, 6.45) is 4.32. The van der Waals surface area contributed by atoms with Gasteiger partial charge in [0, 0.05) is 13.1 Å². The molecular formula is C20H29N3O4. The van der Waals surface area contributed by atoms with Gasteiger partial charge >= 0.3 is 6.03 Å². The molecule has 1 aliphatic rings. The van der Waals surface area contributed by atoms with E-state index in [2.05, 4.69) is 16.0 Å². The van der Waals surface area contributed by atoms with Gasteiger partial charge in [0.25, 0.3) is 0 Å². The monoisotopic (exact) mass is 375 g/mol. The number of ether oxygens (including phenoxy) is 1. The van der Waals surface area contributed by atoms with Crippen molar-refractivity contribution in [2.45, 2.75) is 44.4 Å². The van der Waals surface area contributed by atoms with Crippen LogP contribution in [-0.4, -0.2) is 55.0 Å². The van der Waals surface area contributed by atoms with Crippen LogP contribution in [0.4, 0.5) is 4.79 Å². The van der Waals surface area contributed by atoms with Crippen LogP contribution in [0.2, 0.25) is 0 Å². The molecule has 0 bridgehead atoms. The molecule has 7 nitrogen and oxygen atoms in total. The molecule has 148 valence electrons. The second-order valence-corrected chi connectivity index (χ2v) is 6.50. The van der Waals surface area contributed by atoms with E-state index >= 15 is 0 Å². The molecule has 7 heteroatoms. The molecule has 4 N–H and O–H groups in total. The normalized spacial score (nSPS) is 21.5. The number of hydrogen-bond acceptors (Lipinski definition) is 4. The van der Waals surface area contributed by atoms with Gasteiger partial charge in [-0.15, -0.1) is 0 Å². The third-order valence-corrected chi connectivity index (χ3v) is 4.26. The first-order chi connectivity index (χ1) is 13.1. The molecule has 0 radical (unpaired) electrons. The van der Waals surface area contributed by atoms with Gasteiger partial charge < -0.3 is 25.8 Å². The van der Waals surface area contributed by atoms with Crippen molar-refractivity contribution in [2.24, 2.45) is 0 Å². The first-order valence-corrected chi connectivity index (χ1v) is 9.42. The zero-order valence-corrected chi connectivity index (χ0v) is 15.7. The maximum atomic E-state index is 12.1. The molecule has 0 unspecified atom stereocenters. The Balaban J connectivity index is 1.75. The molecule has 3 amide bonds. The molecule has 2 rings (SSSR count). The predicted octanol–water partition coefficient (Wildman–Crippen LogP) is 1.13. The van der Waals surface area contributed by atoms with Crippen molar-refractivity contribution in [3.05, 3.63) is 48.0 Å². The second-order valence-electron chi connectivity index (χ2n) is 6.50. The molecular weight excluding hydrogens is 346 g/mol. The largest absolute Gasteiger partial charge is 0.394 e. The van der Waals surface area contributed by atoms with Gasteiger partial charge in [0.1, 0.15) is 6.10 Å². The van der Waals surface area contributed by atoms with Crippen LogP contribution in [0.5, 0.6) is 0 Å². The minimum atomic E-state index is -0.579. The molecule has 0 aromatic heterocycles. The minimum absolute atomic E-state index is 0.107. The summed E-state index contributed by atoms with van der Waals surface area (Å²) >= 11 is 0. The highest BCUT2D eigenvalue weighted by molar-refractivity contribution is 5.77. The minimum Gasteiger partial charge on any atom is -0.394 e. The summed E-state index contributed by atoms with van der Waals surface area (Å²) in [6, 6.07) is 9.22. The van der Waals surface area contributed by atoms with E-state index in [1.807, 2.05) is 37.3 Å². The fourth-order valence-corrected chi connectivity index (χ4v) is 2.82. The Morgan fingerprint density at radius 2 is 1.89 bits per heavy atom. The standard InChI is InChI=1S/C20H29N3O4/c1-2-11-22-20(26)23-17-9-8-16(27-18(17)14-24)13-19(25)21-12-10-15-6-4-3-5-7-15/h3-9,16-18,24H,2,10-14H2,1H3,(H,21,25)(H2,22,23,26)/t16-,17-,18+/m1/s1. The van der Waals surface area contributed by atoms with Gasteiger partial charge in [0.15, 0.2) is 0 Å². The van der Waals surface area contributed by atoms with E-state index in [9.17, 15) is 14.7 Å². The van der Waals surface area contributed by atoms with Crippen LogP contribution in [0.25, 0.3) is 0 Å². The Morgan fingerprint density at radius 3 is 2.59 bits per heavy atom. The number of urea groups is 1. The Morgan fingerprint density at radius 1 is 1.11 bits per heavy atom. The molecule has 3 atom stereocenters. The summed E-state index contributed by atoms with van der Waals surface area (Å²) in [7, 11) is 0. The lowest BCUT2D eigenvalue weighted by Crippen LogP contribution is -2.51. The number of hydrogen-bond donors (Lipinski definition) is 4. The van der Waals surface area contributed by atoms with E-state index in [-0.39, 0.29) is 25.0 Å². The molecule has 1 aliphatic heterocycles. The highest BCUT2D eigenvalue weighted by Gasteiger charge is 2.28. The van der Waals surface area contributed by atoms with Crippen LogP contribution in [0.15, 0.2) is 42.5 Å². The van der Waals surface area contributed by atoms with Gasteiger partial charge in [0.2, 0.25) is 5.91 Å². The molecule has 0 saturated carbocycles. The second kappa shape index (κ2) is 11.4. The van der Waals surface area contributed by atoms with Crippen LogP contribution in [0.1, 0.15) is 25.3 Å². The number of benzene rings is 1. The summed E-state index contributed by atoms with van der Waals surface area (Å²) in [4.78, 5) is 23.9. The Labute approximate surface area is 160 Å². The fourth-order valence-electron chi connectivity index (χ4n) is 2.82. The Bertz CT molecular complexity index is 621. The van der Waals surface area contributed by atoms with Crippen molar-refractivity contribution in [1.29, 1.82) is 0 Å². The van der Waals surface area contributed by atoms with Crippen LogP contribution in [0.3, 0.4) is 0 Å². The first kappa shape index (κ1) is 20.9. The number of nitrogens with one attached hydrogen (secondary N) is 3. The number of carbonyl (C=O) groups is 2. The summed E-state index contributed by atoms with van der Waals surface area (Å²) in [5.74, 6) is -0.107. The van der Waals surface area contributed by atoms with Gasteiger partial charge in [-0.25, -0.2) is 4.79 Å². The summed E-state index contributed by atoms with van der Waals surface area (Å²) < 4.78 is 5.75. The van der Waals surface area contributed by atoms with Crippen molar-refractivity contribution in [3.63, 3.8) is 0 Å². The molecule has 0 spiro atoms. The number of aliphatic hydroxyl groups excluding tert-OH is 1. The van der Waals surface area contributed by atoms with Gasteiger partial charge in [-0.05, 0) is 18.4 Å². The molecule has 1 aromatic carbocycles. The highest BCUT2D eigenvalue weighted by atomic mass is 16.5. The molecule has 1 aromatic rings. The van der Waals surface area contributed by atoms with Gasteiger partial charge in [-0.3, -0.25) is 4.79 Å². The maximum absolute atomic E-state index is 12.1. The summed E-state index contributed by atoms with van der Waals surface area (Å²) in [6.45, 7) is 2.87. The molecule has 0 aliphatic carbocycles. The topological polar surface area (TPSA) is 99.7 Å². The zero-order valence-electron chi connectivity index (χ0n) is 15.7. The molecule has 1 heterocycles. The molecule has 0 fully saturated rings. The van der Waals surface area contributed by atoms with Crippen molar-refractivity contribution >= 4 is 11.9 Å². The third kappa shape index (κ3) is 7.40. The zero-order chi connectivity index (χ0) is 19.5. The van der Waals surface area contributed by atoms with E-state index in [0.717, 1.165) is 12.8 Å². The van der Waals surface area contributed by atoms with Crippen molar-refractivity contribution in [2.75, 3.05) is 19.7 Å². The number of amides is 3. The smallest absolute Gasteiger partial charge is 0.315 e. The Hall–Kier alpha value is -2.38. The van der Waals surface area contributed by atoms with Gasteiger partial charge in [0.05, 0.1) is 25.2 Å². The average molecular weight is 375 g/mol. The van der Waals surface area contributed by atoms with Crippen molar-refractivity contribution < 1.29 is 19.4 Å². The van der Waals surface area contributed by atoms with Crippen LogP contribution >= 0.6 is 0 Å². The lowest BCUT2D eigenvalue weighted by molar-refractivity contribution is -0.125. The van der Waals surface area contributed by atoms with Crippen LogP contribution < -0.4 is 16.0 Å². The number of rotatable bonds is 9. The number of aliphatic hydroxyl groups is 1. The highest BCUT2D eigenvalue weighted by Crippen LogP contribution is 2.15. The van der Waals surface area contributed by atoms with Crippen molar-refractivity contribution in [3.8, 4) is 0 Å². The van der Waals surface area contributed by atoms with Crippen LogP contribution in [-0.2, 0) is 16.0 Å². The maximum Gasteiger partial charge on any atom is 0.315 e. The summed E-state index contributed by atoms with van der Waals surface area (Å²) in [5, 5.41) is 17.9. The predicted molar refractivity (Wildman–Crippen MR) is 103 cm³/mol. The van der Waals surface area contributed by atoms with E-state index in [4.69, 9.17) is 4.74 Å². The van der Waals surface area contributed by atoms with E-state index < -0.39 is 18.2 Å². The lowest BCUT2D eigenvalue weighted by Gasteiger charge is -2.31. The van der Waals surface area contributed by atoms with Gasteiger partial charge in [-0.1, -0.05) is 49.4 Å². The van der Waals surface area contributed by atoms with Crippen LogP contribution in [0, 0.1) is 0 Å². The SMILES string of the molecule is CCCNC(=O)N[C@@H]1C=C[C@H](CC(=O)NCCc2ccccc2)O[C@H]1CO. The molecule has 0 saturated heterocycles. The van der Waals surface area contributed by atoms with E-state index in [1.54, 1.807) is 12.2 Å².